The molecule has 0 aliphatic heterocycles. The Morgan fingerprint density at radius 1 is 0.917 bits per heavy atom. The van der Waals surface area contributed by atoms with Gasteiger partial charge in [-0.2, -0.15) is 0 Å². The van der Waals surface area contributed by atoms with Crippen LogP contribution in [0.1, 0.15) is 54.2 Å². The molecule has 0 unspecified atom stereocenters. The predicted octanol–water partition coefficient (Wildman–Crippen LogP) is 4.98. The Morgan fingerprint density at radius 3 is 2.48 bits per heavy atom. The van der Waals surface area contributed by atoms with Gasteiger partial charge in [-0.15, -0.1) is 0 Å². The number of nitrogens with zero attached hydrogens (tertiary/aromatic N) is 5. The second-order valence-corrected chi connectivity index (χ2v) is 12.1. The Morgan fingerprint density at radius 2 is 1.71 bits per heavy atom. The monoisotopic (exact) mass is 650 g/mol. The SMILES string of the molecule is O=C(N[C@H]1CC[C@@H](n2c(=O)c3cc(F)cnc3n(-c3cccc(-c4ccc(CCCO)cc4)c3)c2=O)CC1)c1cn2cc(F)ccc2n1. The highest BCUT2D eigenvalue weighted by Crippen LogP contribution is 2.29. The normalized spacial score (nSPS) is 16.4. The van der Waals surface area contributed by atoms with Crippen molar-refractivity contribution in [3.8, 4) is 16.8 Å². The first-order chi connectivity index (χ1) is 23.3. The van der Waals surface area contributed by atoms with Gasteiger partial charge in [0.25, 0.3) is 11.5 Å². The topological polar surface area (TPSA) is 124 Å². The van der Waals surface area contributed by atoms with Crippen LogP contribution in [-0.4, -0.2) is 47.2 Å². The molecule has 12 heteroatoms. The summed E-state index contributed by atoms with van der Waals surface area (Å²) < 4.78 is 32.0. The molecule has 2 aromatic carbocycles. The Hall–Kier alpha value is -5.49. The van der Waals surface area contributed by atoms with Gasteiger partial charge < -0.3 is 14.8 Å². The zero-order valence-electron chi connectivity index (χ0n) is 25.9. The van der Waals surface area contributed by atoms with Crippen LogP contribution in [0.2, 0.25) is 0 Å². The van der Waals surface area contributed by atoms with Gasteiger partial charge in [-0.1, -0.05) is 36.4 Å². The van der Waals surface area contributed by atoms with E-state index in [0.29, 0.717) is 43.4 Å². The van der Waals surface area contributed by atoms with Crippen LogP contribution in [0.4, 0.5) is 8.78 Å². The van der Waals surface area contributed by atoms with E-state index in [1.54, 1.807) is 6.07 Å². The molecule has 1 amide bonds. The number of aliphatic hydroxyl groups excluding tert-OH is 1. The van der Waals surface area contributed by atoms with E-state index in [4.69, 9.17) is 5.11 Å². The third-order valence-corrected chi connectivity index (χ3v) is 8.95. The molecular formula is C36H32F2N6O4. The number of carbonyl (C=O) groups is 1. The minimum Gasteiger partial charge on any atom is -0.396 e. The zero-order chi connectivity index (χ0) is 33.4. The van der Waals surface area contributed by atoms with Crippen LogP contribution in [-0.2, 0) is 6.42 Å². The summed E-state index contributed by atoms with van der Waals surface area (Å²) >= 11 is 0. The fourth-order valence-electron chi connectivity index (χ4n) is 6.52. The fraction of sp³-hybridized carbons (Fsp3) is 0.250. The molecule has 4 heterocycles. The molecule has 0 atom stereocenters. The Kier molecular flexibility index (Phi) is 8.40. The van der Waals surface area contributed by atoms with Crippen molar-refractivity contribution in [2.24, 2.45) is 0 Å². The summed E-state index contributed by atoms with van der Waals surface area (Å²) in [6, 6.07) is 18.4. The van der Waals surface area contributed by atoms with Gasteiger partial charge in [0.05, 0.1) is 17.3 Å². The fourth-order valence-corrected chi connectivity index (χ4v) is 6.52. The number of halogens is 2. The van der Waals surface area contributed by atoms with Crippen molar-refractivity contribution in [1.82, 2.24) is 28.8 Å². The van der Waals surface area contributed by atoms with Crippen LogP contribution in [0.15, 0.2) is 94.9 Å². The number of pyridine rings is 2. The first kappa shape index (κ1) is 31.1. The number of rotatable bonds is 8. The molecule has 7 rings (SSSR count). The number of hydrogen-bond acceptors (Lipinski definition) is 6. The van der Waals surface area contributed by atoms with Crippen LogP contribution in [0.5, 0.6) is 0 Å². The molecule has 6 aromatic rings. The summed E-state index contributed by atoms with van der Waals surface area (Å²) in [6.07, 6.45) is 6.98. The summed E-state index contributed by atoms with van der Waals surface area (Å²) in [5.41, 5.74) is 2.82. The largest absolute Gasteiger partial charge is 0.396 e. The standard InChI is InChI=1S/C36H32F2N6O4/c37-25-10-15-32-41-31(21-42(32)20-25)34(46)40-27-11-13-28(14-12-27)44-35(47)30-18-26(38)19-39-33(30)43(36(44)48)29-5-1-4-24(17-29)23-8-6-22(7-9-23)3-2-16-45/h1,4-10,15,17-21,27-28,45H,2-3,11-14,16H2,(H,40,46)/t27-,28+. The summed E-state index contributed by atoms with van der Waals surface area (Å²) in [5.74, 6) is -1.53. The number of fused-ring (bicyclic) bond motifs is 2. The van der Waals surface area contributed by atoms with Crippen molar-refractivity contribution in [1.29, 1.82) is 0 Å². The molecule has 2 N–H and O–H groups in total. The highest BCUT2D eigenvalue weighted by molar-refractivity contribution is 5.93. The number of carbonyl (C=O) groups excluding carboxylic acids is 1. The van der Waals surface area contributed by atoms with Crippen molar-refractivity contribution in [2.45, 2.75) is 50.6 Å². The van der Waals surface area contributed by atoms with E-state index in [9.17, 15) is 23.2 Å². The average Bonchev–Trinajstić information content (AvgIpc) is 3.52. The number of aliphatic hydroxyl groups is 1. The molecule has 0 bridgehead atoms. The third-order valence-electron chi connectivity index (χ3n) is 8.95. The maximum absolute atomic E-state index is 14.4. The second kappa shape index (κ2) is 13.0. The Bertz CT molecular complexity index is 2270. The van der Waals surface area contributed by atoms with Gasteiger partial charge in [-0.25, -0.2) is 28.1 Å². The molecule has 1 fully saturated rings. The summed E-state index contributed by atoms with van der Waals surface area (Å²) in [4.78, 5) is 49.4. The van der Waals surface area contributed by atoms with Gasteiger partial charge >= 0.3 is 5.69 Å². The predicted molar refractivity (Wildman–Crippen MR) is 176 cm³/mol. The zero-order valence-corrected chi connectivity index (χ0v) is 25.9. The number of hydrogen-bond donors (Lipinski definition) is 2. The lowest BCUT2D eigenvalue weighted by molar-refractivity contribution is 0.0917. The van der Waals surface area contributed by atoms with Crippen LogP contribution < -0.4 is 16.6 Å². The number of aryl methyl sites for hydroxylation is 1. The van der Waals surface area contributed by atoms with Crippen molar-refractivity contribution < 1.29 is 18.7 Å². The third kappa shape index (κ3) is 6.02. The van der Waals surface area contributed by atoms with Gasteiger partial charge in [-0.05, 0) is 85.5 Å². The highest BCUT2D eigenvalue weighted by atomic mass is 19.1. The number of aromatic nitrogens is 5. The lowest BCUT2D eigenvalue weighted by Crippen LogP contribution is -2.45. The lowest BCUT2D eigenvalue weighted by atomic mass is 9.90. The smallest absolute Gasteiger partial charge is 0.337 e. The second-order valence-electron chi connectivity index (χ2n) is 12.1. The molecule has 244 valence electrons. The van der Waals surface area contributed by atoms with Gasteiger partial charge in [0.2, 0.25) is 0 Å². The van der Waals surface area contributed by atoms with Crippen LogP contribution in [0.3, 0.4) is 0 Å². The lowest BCUT2D eigenvalue weighted by Gasteiger charge is -2.30. The van der Waals surface area contributed by atoms with E-state index in [1.807, 2.05) is 42.5 Å². The van der Waals surface area contributed by atoms with Gasteiger partial charge in [-0.3, -0.25) is 14.2 Å². The molecule has 1 saturated carbocycles. The molecule has 1 aliphatic carbocycles. The van der Waals surface area contributed by atoms with Gasteiger partial charge in [0.1, 0.15) is 23.0 Å². The number of amides is 1. The maximum Gasteiger partial charge on any atom is 0.337 e. The number of benzene rings is 2. The van der Waals surface area contributed by atoms with Crippen molar-refractivity contribution >= 4 is 22.6 Å². The Labute approximate surface area is 273 Å². The first-order valence-electron chi connectivity index (χ1n) is 15.9. The van der Waals surface area contributed by atoms with Crippen molar-refractivity contribution in [3.05, 3.63) is 129 Å². The van der Waals surface area contributed by atoms with Gasteiger partial charge in [0, 0.05) is 31.1 Å². The minimum absolute atomic E-state index is 0.00745. The molecule has 0 spiro atoms. The average molecular weight is 651 g/mol. The van der Waals surface area contributed by atoms with Crippen LogP contribution in [0.25, 0.3) is 33.5 Å². The minimum atomic E-state index is -0.688. The number of imidazole rings is 1. The van der Waals surface area contributed by atoms with Crippen molar-refractivity contribution in [3.63, 3.8) is 0 Å². The molecule has 4 aromatic heterocycles. The molecule has 48 heavy (non-hydrogen) atoms. The molecule has 1 aliphatic rings. The van der Waals surface area contributed by atoms with E-state index < -0.39 is 34.8 Å². The summed E-state index contributed by atoms with van der Waals surface area (Å²) in [6.45, 7) is 0.124. The molecular weight excluding hydrogens is 618 g/mol. The summed E-state index contributed by atoms with van der Waals surface area (Å²) in [5, 5.41) is 12.1. The summed E-state index contributed by atoms with van der Waals surface area (Å²) in [7, 11) is 0. The first-order valence-corrected chi connectivity index (χ1v) is 15.9. The molecule has 0 saturated heterocycles. The van der Waals surface area contributed by atoms with E-state index in [2.05, 4.69) is 15.3 Å². The van der Waals surface area contributed by atoms with E-state index in [-0.39, 0.29) is 29.4 Å². The van der Waals surface area contributed by atoms with Crippen LogP contribution in [0, 0.1) is 11.6 Å². The number of nitrogens with one attached hydrogen (secondary N) is 1. The van der Waals surface area contributed by atoms with E-state index in [0.717, 1.165) is 35.4 Å². The highest BCUT2D eigenvalue weighted by Gasteiger charge is 2.28. The van der Waals surface area contributed by atoms with Crippen LogP contribution >= 0.6 is 0 Å². The quantitative estimate of drug-likeness (QED) is 0.240. The van der Waals surface area contributed by atoms with E-state index >= 15 is 0 Å². The molecule has 10 nitrogen and oxygen atoms in total. The van der Waals surface area contributed by atoms with E-state index in [1.165, 1.54) is 38.1 Å². The molecule has 0 radical (unpaired) electrons. The maximum atomic E-state index is 14.4. The van der Waals surface area contributed by atoms with Gasteiger partial charge in [0.15, 0.2) is 5.65 Å². The Balaban J connectivity index is 1.17. The van der Waals surface area contributed by atoms with Crippen molar-refractivity contribution in [2.75, 3.05) is 6.61 Å².